The Balaban J connectivity index is 1.72. The molecule has 152 valence electrons. The summed E-state index contributed by atoms with van der Waals surface area (Å²) >= 11 is 0. The maximum Gasteiger partial charge on any atom is 0.322 e. The van der Waals surface area contributed by atoms with E-state index in [2.05, 4.69) is 15.5 Å². The maximum absolute atomic E-state index is 12.6. The van der Waals surface area contributed by atoms with Crippen molar-refractivity contribution >= 4 is 11.9 Å². The molecule has 0 spiro atoms. The quantitative estimate of drug-likeness (QED) is 0.578. The number of nitrogens with one attached hydrogen (secondary N) is 1. The first-order valence-corrected chi connectivity index (χ1v) is 9.42. The van der Waals surface area contributed by atoms with Crippen LogP contribution < -0.4 is 19.5 Å². The largest absolute Gasteiger partial charge is 0.494 e. The zero-order chi connectivity index (χ0) is 20.6. The Morgan fingerprint density at radius 3 is 2.28 bits per heavy atom. The summed E-state index contributed by atoms with van der Waals surface area (Å²) in [6.45, 7) is 7.22. The molecule has 3 rings (SSSR count). The summed E-state index contributed by atoms with van der Waals surface area (Å²) in [6, 6.07) is 12.2. The second kappa shape index (κ2) is 9.59. The lowest BCUT2D eigenvalue weighted by Gasteiger charge is -2.11. The number of aromatic nitrogens is 2. The molecule has 0 aliphatic rings. The predicted octanol–water partition coefficient (Wildman–Crippen LogP) is 4.19. The zero-order valence-electron chi connectivity index (χ0n) is 16.6. The van der Waals surface area contributed by atoms with Gasteiger partial charge in [-0.2, -0.15) is 0 Å². The average molecular weight is 397 g/mol. The lowest BCUT2D eigenvalue weighted by molar-refractivity contribution is 0.102. The van der Waals surface area contributed by atoms with E-state index in [0.29, 0.717) is 42.8 Å². The third-order valence-electron chi connectivity index (χ3n) is 3.86. The molecule has 0 saturated carbocycles. The van der Waals surface area contributed by atoms with Crippen molar-refractivity contribution in [3.05, 3.63) is 48.0 Å². The van der Waals surface area contributed by atoms with Crippen LogP contribution in [0.25, 0.3) is 11.5 Å². The Kier molecular flexibility index (Phi) is 6.67. The van der Waals surface area contributed by atoms with Gasteiger partial charge in [0.05, 0.1) is 19.8 Å². The van der Waals surface area contributed by atoms with E-state index in [0.717, 1.165) is 11.3 Å². The first-order valence-electron chi connectivity index (χ1n) is 9.42. The first-order chi connectivity index (χ1) is 14.1. The van der Waals surface area contributed by atoms with E-state index < -0.39 is 5.91 Å². The van der Waals surface area contributed by atoms with Gasteiger partial charge in [-0.3, -0.25) is 10.1 Å². The number of carbonyl (C=O) groups excluding carboxylic acids is 1. The summed E-state index contributed by atoms with van der Waals surface area (Å²) in [4.78, 5) is 12.6. The van der Waals surface area contributed by atoms with Crippen LogP contribution in [0.3, 0.4) is 0 Å². The maximum atomic E-state index is 12.6. The molecule has 0 bridgehead atoms. The van der Waals surface area contributed by atoms with Gasteiger partial charge < -0.3 is 18.6 Å². The van der Waals surface area contributed by atoms with Gasteiger partial charge in [0.2, 0.25) is 5.89 Å². The van der Waals surface area contributed by atoms with E-state index in [-0.39, 0.29) is 6.01 Å². The Bertz CT molecular complexity index is 953. The summed E-state index contributed by atoms with van der Waals surface area (Å²) in [5.74, 6) is 1.75. The zero-order valence-corrected chi connectivity index (χ0v) is 16.6. The SMILES string of the molecule is CCOc1ccc(-c2nnc(NC(=O)c3ccc(OCC)c(OCC)c3)o2)cc1. The van der Waals surface area contributed by atoms with Crippen molar-refractivity contribution in [2.45, 2.75) is 20.8 Å². The fourth-order valence-corrected chi connectivity index (χ4v) is 2.61. The second-order valence-electron chi connectivity index (χ2n) is 5.85. The van der Waals surface area contributed by atoms with Gasteiger partial charge >= 0.3 is 6.01 Å². The van der Waals surface area contributed by atoms with Gasteiger partial charge in [0.25, 0.3) is 5.91 Å². The fourth-order valence-electron chi connectivity index (χ4n) is 2.61. The van der Waals surface area contributed by atoms with Gasteiger partial charge in [-0.25, -0.2) is 0 Å². The number of nitrogens with zero attached hydrogens (tertiary/aromatic N) is 2. The smallest absolute Gasteiger partial charge is 0.322 e. The number of amides is 1. The summed E-state index contributed by atoms with van der Waals surface area (Å²) in [5, 5.41) is 10.5. The first kappa shape index (κ1) is 20.2. The van der Waals surface area contributed by atoms with Gasteiger partial charge in [-0.1, -0.05) is 5.10 Å². The van der Waals surface area contributed by atoms with E-state index in [1.54, 1.807) is 18.2 Å². The highest BCUT2D eigenvalue weighted by molar-refractivity contribution is 6.03. The van der Waals surface area contributed by atoms with Crippen LogP contribution in [0.15, 0.2) is 46.9 Å². The van der Waals surface area contributed by atoms with Crippen molar-refractivity contribution in [2.24, 2.45) is 0 Å². The molecule has 0 unspecified atom stereocenters. The molecule has 8 nitrogen and oxygen atoms in total. The Hall–Kier alpha value is -3.55. The van der Waals surface area contributed by atoms with E-state index in [4.69, 9.17) is 18.6 Å². The van der Waals surface area contributed by atoms with Crippen molar-refractivity contribution in [2.75, 3.05) is 25.1 Å². The third kappa shape index (κ3) is 5.04. The summed E-state index contributed by atoms with van der Waals surface area (Å²) in [6.07, 6.45) is 0. The predicted molar refractivity (Wildman–Crippen MR) is 108 cm³/mol. The Morgan fingerprint density at radius 1 is 0.897 bits per heavy atom. The molecule has 3 aromatic rings. The molecule has 1 amide bonds. The normalized spacial score (nSPS) is 10.4. The summed E-state index contributed by atoms with van der Waals surface area (Å²) < 4.78 is 22.0. The molecule has 0 aliphatic carbocycles. The number of anilines is 1. The van der Waals surface area contributed by atoms with Gasteiger partial charge in [0, 0.05) is 11.1 Å². The van der Waals surface area contributed by atoms with Crippen molar-refractivity contribution in [3.8, 4) is 28.7 Å². The van der Waals surface area contributed by atoms with Crippen molar-refractivity contribution in [1.29, 1.82) is 0 Å². The van der Waals surface area contributed by atoms with Crippen LogP contribution in [0.2, 0.25) is 0 Å². The van der Waals surface area contributed by atoms with E-state index in [1.807, 2.05) is 45.0 Å². The van der Waals surface area contributed by atoms with Crippen LogP contribution >= 0.6 is 0 Å². The molecule has 1 aromatic heterocycles. The minimum atomic E-state index is -0.393. The molecule has 0 atom stereocenters. The number of ether oxygens (including phenoxy) is 3. The molecule has 0 saturated heterocycles. The summed E-state index contributed by atoms with van der Waals surface area (Å²) in [5.41, 5.74) is 1.11. The van der Waals surface area contributed by atoms with Crippen LogP contribution in [0, 0.1) is 0 Å². The molecular weight excluding hydrogens is 374 g/mol. The molecule has 29 heavy (non-hydrogen) atoms. The second-order valence-corrected chi connectivity index (χ2v) is 5.85. The van der Waals surface area contributed by atoms with Gasteiger partial charge in [-0.15, -0.1) is 5.10 Å². The molecular formula is C21H23N3O5. The highest BCUT2D eigenvalue weighted by Crippen LogP contribution is 2.29. The third-order valence-corrected chi connectivity index (χ3v) is 3.86. The van der Waals surface area contributed by atoms with E-state index >= 15 is 0 Å². The van der Waals surface area contributed by atoms with Crippen LogP contribution in [0.5, 0.6) is 17.2 Å². The minimum Gasteiger partial charge on any atom is -0.494 e. The molecule has 8 heteroatoms. The lowest BCUT2D eigenvalue weighted by Crippen LogP contribution is -2.12. The number of carbonyl (C=O) groups is 1. The molecule has 0 radical (unpaired) electrons. The fraction of sp³-hybridized carbons (Fsp3) is 0.286. The van der Waals surface area contributed by atoms with Crippen LogP contribution in [-0.2, 0) is 0 Å². The van der Waals surface area contributed by atoms with Crippen LogP contribution in [0.4, 0.5) is 6.01 Å². The summed E-state index contributed by atoms with van der Waals surface area (Å²) in [7, 11) is 0. The minimum absolute atomic E-state index is 0.00530. The number of benzene rings is 2. The highest BCUT2D eigenvalue weighted by Gasteiger charge is 2.15. The standard InChI is InChI=1S/C21H23N3O5/c1-4-26-16-10-7-14(8-11-16)20-23-24-21(29-20)22-19(25)15-9-12-17(27-5-2)18(13-15)28-6-3/h7-13H,4-6H2,1-3H3,(H,22,24,25). The average Bonchev–Trinajstić information content (AvgIpc) is 3.19. The number of hydrogen-bond acceptors (Lipinski definition) is 7. The van der Waals surface area contributed by atoms with Gasteiger partial charge in [0.15, 0.2) is 11.5 Å². The highest BCUT2D eigenvalue weighted by atomic mass is 16.5. The van der Waals surface area contributed by atoms with Crippen molar-refractivity contribution in [1.82, 2.24) is 10.2 Å². The van der Waals surface area contributed by atoms with Crippen molar-refractivity contribution < 1.29 is 23.4 Å². The number of rotatable bonds is 9. The van der Waals surface area contributed by atoms with E-state index in [1.165, 1.54) is 0 Å². The van der Waals surface area contributed by atoms with Crippen LogP contribution in [-0.4, -0.2) is 35.9 Å². The van der Waals surface area contributed by atoms with Crippen molar-refractivity contribution in [3.63, 3.8) is 0 Å². The Labute approximate surface area is 168 Å². The lowest BCUT2D eigenvalue weighted by atomic mass is 10.2. The monoisotopic (exact) mass is 397 g/mol. The molecule has 0 fully saturated rings. The molecule has 2 aromatic carbocycles. The van der Waals surface area contributed by atoms with Gasteiger partial charge in [0.1, 0.15) is 5.75 Å². The molecule has 1 N–H and O–H groups in total. The topological polar surface area (TPSA) is 95.7 Å². The number of hydrogen-bond donors (Lipinski definition) is 1. The van der Waals surface area contributed by atoms with E-state index in [9.17, 15) is 4.79 Å². The molecule has 1 heterocycles. The van der Waals surface area contributed by atoms with Crippen LogP contribution in [0.1, 0.15) is 31.1 Å². The van der Waals surface area contributed by atoms with Gasteiger partial charge in [-0.05, 0) is 63.2 Å². The molecule has 0 aliphatic heterocycles. The Morgan fingerprint density at radius 2 is 1.59 bits per heavy atom.